The molecule has 0 atom stereocenters. The van der Waals surface area contributed by atoms with E-state index in [1.54, 1.807) is 55.6 Å². The SMILES string of the molecule is COc1ccc(OCCOc2ccccc2N2C(=O)CC(=O)N(CCCOc3ccc(C)cc3C)C2=O)cc1. The first-order chi connectivity index (χ1) is 18.9. The molecule has 0 unspecified atom stereocenters. The number of barbiturate groups is 1. The molecule has 0 radical (unpaired) electrons. The zero-order valence-electron chi connectivity index (χ0n) is 22.3. The van der Waals surface area contributed by atoms with Gasteiger partial charge in [-0.1, -0.05) is 29.8 Å². The first kappa shape index (κ1) is 27.5. The maximum atomic E-state index is 13.3. The number of aryl methyl sites for hydroxylation is 2. The summed E-state index contributed by atoms with van der Waals surface area (Å²) in [6.45, 7) is 4.85. The van der Waals surface area contributed by atoms with Gasteiger partial charge in [0.25, 0.3) is 0 Å². The van der Waals surface area contributed by atoms with Crippen molar-refractivity contribution in [2.24, 2.45) is 0 Å². The molecule has 3 aromatic carbocycles. The number of anilines is 1. The van der Waals surface area contributed by atoms with Gasteiger partial charge in [0, 0.05) is 6.54 Å². The molecule has 0 spiro atoms. The summed E-state index contributed by atoms with van der Waals surface area (Å²) < 4.78 is 22.5. The van der Waals surface area contributed by atoms with Gasteiger partial charge in [0.05, 0.1) is 19.4 Å². The average Bonchev–Trinajstić information content (AvgIpc) is 2.92. The number of urea groups is 1. The highest BCUT2D eigenvalue weighted by atomic mass is 16.5. The molecule has 0 aliphatic carbocycles. The molecular weight excluding hydrogens is 500 g/mol. The van der Waals surface area contributed by atoms with Gasteiger partial charge in [-0.05, 0) is 68.3 Å². The van der Waals surface area contributed by atoms with Gasteiger partial charge in [-0.25, -0.2) is 9.69 Å². The predicted molar refractivity (Wildman–Crippen MR) is 146 cm³/mol. The minimum absolute atomic E-state index is 0.130. The molecule has 3 aromatic rings. The van der Waals surface area contributed by atoms with Crippen LogP contribution in [-0.4, -0.2) is 56.2 Å². The van der Waals surface area contributed by atoms with Crippen LogP contribution in [0.1, 0.15) is 24.0 Å². The fourth-order valence-electron chi connectivity index (χ4n) is 4.21. The highest BCUT2D eigenvalue weighted by molar-refractivity contribution is 6.26. The summed E-state index contributed by atoms with van der Waals surface area (Å²) >= 11 is 0. The van der Waals surface area contributed by atoms with E-state index in [4.69, 9.17) is 18.9 Å². The zero-order chi connectivity index (χ0) is 27.8. The normalized spacial score (nSPS) is 13.5. The van der Waals surface area contributed by atoms with Gasteiger partial charge in [0.15, 0.2) is 0 Å². The summed E-state index contributed by atoms with van der Waals surface area (Å²) in [7, 11) is 1.59. The van der Waals surface area contributed by atoms with E-state index in [1.807, 2.05) is 32.0 Å². The minimum Gasteiger partial charge on any atom is -0.497 e. The Morgan fingerprint density at radius 2 is 1.44 bits per heavy atom. The Labute approximate surface area is 227 Å². The summed E-state index contributed by atoms with van der Waals surface area (Å²) in [5.41, 5.74) is 2.44. The summed E-state index contributed by atoms with van der Waals surface area (Å²) in [6, 6.07) is 19.1. The van der Waals surface area contributed by atoms with Gasteiger partial charge in [0.2, 0.25) is 11.8 Å². The van der Waals surface area contributed by atoms with Crippen LogP contribution < -0.4 is 23.8 Å². The van der Waals surface area contributed by atoms with Crippen molar-refractivity contribution in [1.29, 1.82) is 0 Å². The van der Waals surface area contributed by atoms with E-state index in [9.17, 15) is 14.4 Å². The molecule has 1 fully saturated rings. The van der Waals surface area contributed by atoms with E-state index in [2.05, 4.69) is 0 Å². The van der Waals surface area contributed by atoms with E-state index in [0.29, 0.717) is 24.5 Å². The van der Waals surface area contributed by atoms with Crippen LogP contribution in [0.3, 0.4) is 0 Å². The van der Waals surface area contributed by atoms with Gasteiger partial charge >= 0.3 is 6.03 Å². The molecule has 9 heteroatoms. The lowest BCUT2D eigenvalue weighted by Gasteiger charge is -2.33. The van der Waals surface area contributed by atoms with Crippen LogP contribution in [0.15, 0.2) is 66.7 Å². The number of carbonyl (C=O) groups excluding carboxylic acids is 3. The lowest BCUT2D eigenvalue weighted by Crippen LogP contribution is -2.55. The predicted octanol–water partition coefficient (Wildman–Crippen LogP) is 4.92. The van der Waals surface area contributed by atoms with Gasteiger partial charge in [-0.15, -0.1) is 0 Å². The number of para-hydroxylation sites is 2. The average molecular weight is 533 g/mol. The van der Waals surface area contributed by atoms with E-state index in [0.717, 1.165) is 32.4 Å². The topological polar surface area (TPSA) is 94.6 Å². The Hall–Kier alpha value is -4.53. The van der Waals surface area contributed by atoms with E-state index >= 15 is 0 Å². The number of amides is 4. The lowest BCUT2D eigenvalue weighted by molar-refractivity contribution is -0.134. The van der Waals surface area contributed by atoms with Crippen molar-refractivity contribution in [2.75, 3.05) is 38.4 Å². The summed E-state index contributed by atoms with van der Waals surface area (Å²) in [6.07, 6.45) is 0.0201. The molecule has 1 aliphatic rings. The third-order valence-corrected chi connectivity index (χ3v) is 6.16. The molecule has 9 nitrogen and oxygen atoms in total. The van der Waals surface area contributed by atoms with Crippen LogP contribution in [0.25, 0.3) is 0 Å². The number of imide groups is 2. The first-order valence-corrected chi connectivity index (χ1v) is 12.7. The van der Waals surface area contributed by atoms with Crippen LogP contribution in [0, 0.1) is 13.8 Å². The summed E-state index contributed by atoms with van der Waals surface area (Å²) in [5, 5.41) is 0. The molecule has 1 saturated heterocycles. The molecule has 0 bridgehead atoms. The molecular formula is C30H32N2O7. The van der Waals surface area contributed by atoms with Gasteiger partial charge in [0.1, 0.15) is 42.6 Å². The van der Waals surface area contributed by atoms with Crippen molar-refractivity contribution in [3.05, 3.63) is 77.9 Å². The van der Waals surface area contributed by atoms with E-state index in [1.165, 1.54) is 0 Å². The molecule has 204 valence electrons. The van der Waals surface area contributed by atoms with Gasteiger partial charge in [-0.3, -0.25) is 14.5 Å². The maximum absolute atomic E-state index is 13.3. The van der Waals surface area contributed by atoms with Crippen LogP contribution in [0.2, 0.25) is 0 Å². The Bertz CT molecular complexity index is 1320. The van der Waals surface area contributed by atoms with Crippen molar-refractivity contribution in [2.45, 2.75) is 26.7 Å². The van der Waals surface area contributed by atoms with Crippen LogP contribution in [0.5, 0.6) is 23.0 Å². The summed E-state index contributed by atoms with van der Waals surface area (Å²) in [5.74, 6) is 1.35. The Morgan fingerprint density at radius 1 is 0.744 bits per heavy atom. The molecule has 4 amide bonds. The van der Waals surface area contributed by atoms with Crippen LogP contribution in [0.4, 0.5) is 10.5 Å². The molecule has 0 saturated carbocycles. The largest absolute Gasteiger partial charge is 0.497 e. The van der Waals surface area contributed by atoms with Crippen LogP contribution in [-0.2, 0) is 9.59 Å². The van der Waals surface area contributed by atoms with E-state index in [-0.39, 0.29) is 25.4 Å². The third-order valence-electron chi connectivity index (χ3n) is 6.16. The number of hydrogen-bond acceptors (Lipinski definition) is 7. The minimum atomic E-state index is -0.701. The monoisotopic (exact) mass is 532 g/mol. The van der Waals surface area contributed by atoms with Crippen molar-refractivity contribution in [3.8, 4) is 23.0 Å². The molecule has 0 aromatic heterocycles. The second-order valence-electron chi connectivity index (χ2n) is 9.05. The second kappa shape index (κ2) is 12.8. The Balaban J connectivity index is 1.35. The number of ether oxygens (including phenoxy) is 4. The highest BCUT2D eigenvalue weighted by Crippen LogP contribution is 2.31. The number of rotatable bonds is 12. The van der Waals surface area contributed by atoms with Crippen molar-refractivity contribution in [1.82, 2.24) is 4.90 Å². The number of nitrogens with zero attached hydrogens (tertiary/aromatic N) is 2. The molecule has 1 heterocycles. The first-order valence-electron chi connectivity index (χ1n) is 12.7. The fraction of sp³-hybridized carbons (Fsp3) is 0.300. The van der Waals surface area contributed by atoms with Gasteiger partial charge in [-0.2, -0.15) is 0 Å². The molecule has 0 N–H and O–H groups in total. The van der Waals surface area contributed by atoms with E-state index < -0.39 is 24.3 Å². The standard InChI is InChI=1S/C30H32N2O7/c1-21-9-14-26(22(2)19-21)38-16-6-15-31-28(33)20-29(34)32(30(31)35)25-7-4-5-8-27(25)39-18-17-37-24-12-10-23(36-3)11-13-24/h4-5,7-14,19H,6,15-18,20H2,1-3H3. The Morgan fingerprint density at radius 3 is 2.18 bits per heavy atom. The second-order valence-corrected chi connectivity index (χ2v) is 9.05. The van der Waals surface area contributed by atoms with Gasteiger partial charge < -0.3 is 18.9 Å². The fourth-order valence-corrected chi connectivity index (χ4v) is 4.21. The van der Waals surface area contributed by atoms with Crippen molar-refractivity contribution in [3.63, 3.8) is 0 Å². The van der Waals surface area contributed by atoms with Crippen molar-refractivity contribution < 1.29 is 33.3 Å². The summed E-state index contributed by atoms with van der Waals surface area (Å²) in [4.78, 5) is 40.8. The molecule has 1 aliphatic heterocycles. The highest BCUT2D eigenvalue weighted by Gasteiger charge is 2.39. The number of benzene rings is 3. The van der Waals surface area contributed by atoms with Crippen molar-refractivity contribution >= 4 is 23.5 Å². The lowest BCUT2D eigenvalue weighted by atomic mass is 10.1. The van der Waals surface area contributed by atoms with Crippen LogP contribution >= 0.6 is 0 Å². The Kier molecular flexibility index (Phi) is 9.04. The number of methoxy groups -OCH3 is 1. The zero-order valence-corrected chi connectivity index (χ0v) is 22.3. The number of carbonyl (C=O) groups is 3. The number of hydrogen-bond donors (Lipinski definition) is 0. The maximum Gasteiger partial charge on any atom is 0.338 e. The quantitative estimate of drug-likeness (QED) is 0.241. The third kappa shape index (κ3) is 6.87. The molecule has 4 rings (SSSR count). The molecule has 39 heavy (non-hydrogen) atoms. The smallest absolute Gasteiger partial charge is 0.338 e.